The van der Waals surface area contributed by atoms with Crippen molar-refractivity contribution >= 4 is 17.2 Å². The Morgan fingerprint density at radius 1 is 1.21 bits per heavy atom. The molecule has 4 nitrogen and oxygen atoms in total. The fraction of sp³-hybridized carbons (Fsp3) is 0.571. The van der Waals surface area contributed by atoms with Gasteiger partial charge < -0.3 is 4.90 Å². The normalized spacial score (nSPS) is 18.5. The first-order chi connectivity index (χ1) is 9.16. The number of hydrogen-bond acceptors (Lipinski definition) is 3. The highest BCUT2D eigenvalue weighted by molar-refractivity contribution is 6.29. The first kappa shape index (κ1) is 12.9. The van der Waals surface area contributed by atoms with Gasteiger partial charge in [-0.2, -0.15) is 0 Å². The van der Waals surface area contributed by atoms with Crippen LogP contribution < -0.4 is 0 Å². The van der Waals surface area contributed by atoms with Gasteiger partial charge in [-0.1, -0.05) is 17.7 Å². The molecule has 3 heterocycles. The first-order valence-corrected chi connectivity index (χ1v) is 7.28. The molecule has 1 saturated heterocycles. The quantitative estimate of drug-likeness (QED) is 0.792. The van der Waals surface area contributed by atoms with E-state index in [0.717, 1.165) is 37.4 Å². The van der Waals surface area contributed by atoms with Crippen LogP contribution in [0.1, 0.15) is 38.4 Å². The molecule has 3 rings (SSSR count). The lowest BCUT2D eigenvalue weighted by molar-refractivity contribution is 0.169. The summed E-state index contributed by atoms with van der Waals surface area (Å²) in [4.78, 5) is 2.52. The van der Waals surface area contributed by atoms with E-state index >= 15 is 0 Å². The highest BCUT2D eigenvalue weighted by Crippen LogP contribution is 2.29. The highest BCUT2D eigenvalue weighted by Gasteiger charge is 2.25. The molecule has 0 unspecified atom stereocenters. The van der Waals surface area contributed by atoms with Crippen molar-refractivity contribution in [2.45, 2.75) is 38.6 Å². The molecule has 0 aromatic carbocycles. The summed E-state index contributed by atoms with van der Waals surface area (Å²) in [6.07, 6.45) is 2.26. The molecular formula is C14H19ClN4. The summed E-state index contributed by atoms with van der Waals surface area (Å²) in [6, 6.07) is 6.38. The molecule has 0 atom stereocenters. The molecule has 1 fully saturated rings. The number of aromatic nitrogens is 3. The predicted molar refractivity (Wildman–Crippen MR) is 76.7 cm³/mol. The Morgan fingerprint density at radius 3 is 2.63 bits per heavy atom. The monoisotopic (exact) mass is 278 g/mol. The molecule has 19 heavy (non-hydrogen) atoms. The van der Waals surface area contributed by atoms with Gasteiger partial charge in [-0.3, -0.25) is 4.40 Å². The summed E-state index contributed by atoms with van der Waals surface area (Å²) in [6.45, 7) is 6.76. The maximum Gasteiger partial charge on any atom is 0.161 e. The van der Waals surface area contributed by atoms with Crippen LogP contribution >= 0.6 is 11.6 Å². The third-order valence-corrected chi connectivity index (χ3v) is 4.33. The molecule has 2 aromatic heterocycles. The van der Waals surface area contributed by atoms with E-state index in [4.69, 9.17) is 11.6 Å². The molecule has 1 aliphatic rings. The van der Waals surface area contributed by atoms with Gasteiger partial charge in [-0.15, -0.1) is 10.2 Å². The minimum atomic E-state index is 0.463. The number of pyridine rings is 1. The van der Waals surface area contributed by atoms with Gasteiger partial charge in [0.15, 0.2) is 5.65 Å². The summed E-state index contributed by atoms with van der Waals surface area (Å²) in [5, 5.41) is 9.28. The zero-order chi connectivity index (χ0) is 13.4. The average Bonchev–Trinajstić information content (AvgIpc) is 2.84. The van der Waals surface area contributed by atoms with Gasteiger partial charge in [-0.25, -0.2) is 0 Å². The standard InChI is InChI=1S/C14H19ClN4/c1-10(2)18-8-6-11(7-9-18)14-17-16-13-5-3-4-12(15)19(13)14/h3-5,10-11H,6-9H2,1-2H3. The van der Waals surface area contributed by atoms with E-state index in [-0.39, 0.29) is 0 Å². The largest absolute Gasteiger partial charge is 0.301 e. The molecule has 2 aromatic rings. The fourth-order valence-electron chi connectivity index (χ4n) is 2.86. The second-order valence-corrected chi connectivity index (χ2v) is 5.89. The Morgan fingerprint density at radius 2 is 1.95 bits per heavy atom. The number of nitrogens with zero attached hydrogens (tertiary/aromatic N) is 4. The Labute approximate surface area is 118 Å². The molecule has 0 aliphatic carbocycles. The van der Waals surface area contributed by atoms with E-state index in [2.05, 4.69) is 28.9 Å². The zero-order valence-corrected chi connectivity index (χ0v) is 12.1. The first-order valence-electron chi connectivity index (χ1n) is 6.90. The second-order valence-electron chi connectivity index (χ2n) is 5.50. The lowest BCUT2D eigenvalue weighted by Crippen LogP contribution is -2.38. The number of piperidine rings is 1. The van der Waals surface area contributed by atoms with E-state index in [1.165, 1.54) is 0 Å². The van der Waals surface area contributed by atoms with Crippen LogP contribution in [0.3, 0.4) is 0 Å². The van der Waals surface area contributed by atoms with Crippen LogP contribution in [0.15, 0.2) is 18.2 Å². The van der Waals surface area contributed by atoms with Crippen molar-refractivity contribution in [1.82, 2.24) is 19.5 Å². The third kappa shape index (κ3) is 2.35. The van der Waals surface area contributed by atoms with Crippen LogP contribution in [0, 0.1) is 0 Å². The minimum Gasteiger partial charge on any atom is -0.301 e. The topological polar surface area (TPSA) is 33.4 Å². The molecule has 5 heteroatoms. The van der Waals surface area contributed by atoms with Gasteiger partial charge >= 0.3 is 0 Å². The van der Waals surface area contributed by atoms with Crippen molar-refractivity contribution in [2.75, 3.05) is 13.1 Å². The minimum absolute atomic E-state index is 0.463. The van der Waals surface area contributed by atoms with Crippen molar-refractivity contribution in [1.29, 1.82) is 0 Å². The van der Waals surface area contributed by atoms with Gasteiger partial charge in [0.1, 0.15) is 11.0 Å². The van der Waals surface area contributed by atoms with Crippen molar-refractivity contribution in [2.24, 2.45) is 0 Å². The third-order valence-electron chi connectivity index (χ3n) is 4.03. The number of likely N-dealkylation sites (tertiary alicyclic amines) is 1. The molecule has 0 bridgehead atoms. The molecule has 0 amide bonds. The van der Waals surface area contributed by atoms with Gasteiger partial charge in [0, 0.05) is 12.0 Å². The molecule has 0 spiro atoms. The summed E-state index contributed by atoms with van der Waals surface area (Å²) in [7, 11) is 0. The molecule has 1 aliphatic heterocycles. The number of halogens is 1. The van der Waals surface area contributed by atoms with Crippen LogP contribution in [-0.4, -0.2) is 38.6 Å². The number of hydrogen-bond donors (Lipinski definition) is 0. The Hall–Kier alpha value is -1.13. The van der Waals surface area contributed by atoms with Crippen LogP contribution in [0.4, 0.5) is 0 Å². The van der Waals surface area contributed by atoms with Crippen molar-refractivity contribution in [3.05, 3.63) is 29.2 Å². The van der Waals surface area contributed by atoms with Crippen molar-refractivity contribution in [3.63, 3.8) is 0 Å². The summed E-state index contributed by atoms with van der Waals surface area (Å²) in [5.74, 6) is 1.48. The zero-order valence-electron chi connectivity index (χ0n) is 11.4. The van der Waals surface area contributed by atoms with Crippen molar-refractivity contribution < 1.29 is 0 Å². The van der Waals surface area contributed by atoms with Crippen molar-refractivity contribution in [3.8, 4) is 0 Å². The van der Waals surface area contributed by atoms with Crippen LogP contribution in [0.2, 0.25) is 5.15 Å². The average molecular weight is 279 g/mol. The number of rotatable bonds is 2. The molecule has 0 saturated carbocycles. The van der Waals surface area contributed by atoms with E-state index < -0.39 is 0 Å². The van der Waals surface area contributed by atoms with E-state index in [1.807, 2.05) is 22.6 Å². The molecule has 102 valence electrons. The Kier molecular flexibility index (Phi) is 3.46. The fourth-order valence-corrected chi connectivity index (χ4v) is 3.11. The smallest absolute Gasteiger partial charge is 0.161 e. The molecule has 0 radical (unpaired) electrons. The molecular weight excluding hydrogens is 260 g/mol. The Balaban J connectivity index is 1.86. The second kappa shape index (κ2) is 5.10. The van der Waals surface area contributed by atoms with Gasteiger partial charge in [0.25, 0.3) is 0 Å². The van der Waals surface area contributed by atoms with E-state index in [1.54, 1.807) is 0 Å². The SMILES string of the molecule is CC(C)N1CCC(c2nnc3cccc(Cl)n23)CC1. The lowest BCUT2D eigenvalue weighted by atomic mass is 9.95. The van der Waals surface area contributed by atoms with Crippen LogP contribution in [-0.2, 0) is 0 Å². The van der Waals surface area contributed by atoms with Crippen LogP contribution in [0.5, 0.6) is 0 Å². The summed E-state index contributed by atoms with van der Waals surface area (Å²) >= 11 is 6.27. The van der Waals surface area contributed by atoms with Gasteiger partial charge in [0.05, 0.1) is 0 Å². The van der Waals surface area contributed by atoms with E-state index in [9.17, 15) is 0 Å². The van der Waals surface area contributed by atoms with Gasteiger partial charge in [0.2, 0.25) is 0 Å². The predicted octanol–water partition coefficient (Wildman–Crippen LogP) is 2.97. The molecule has 0 N–H and O–H groups in total. The maximum atomic E-state index is 6.27. The number of fused-ring (bicyclic) bond motifs is 1. The van der Waals surface area contributed by atoms with Crippen LogP contribution in [0.25, 0.3) is 5.65 Å². The summed E-state index contributed by atoms with van der Waals surface area (Å²) in [5.41, 5.74) is 0.841. The Bertz CT molecular complexity index is 570. The summed E-state index contributed by atoms with van der Waals surface area (Å²) < 4.78 is 1.98. The highest BCUT2D eigenvalue weighted by atomic mass is 35.5. The van der Waals surface area contributed by atoms with E-state index in [0.29, 0.717) is 17.1 Å². The lowest BCUT2D eigenvalue weighted by Gasteiger charge is -2.33. The maximum absolute atomic E-state index is 6.27. The van der Waals surface area contributed by atoms with Gasteiger partial charge in [-0.05, 0) is 51.9 Å².